The van der Waals surface area contributed by atoms with Crippen LogP contribution in [0.4, 0.5) is 0 Å². The van der Waals surface area contributed by atoms with Crippen molar-refractivity contribution in [3.8, 4) is 0 Å². The molecule has 0 aliphatic heterocycles. The molecular weight excluding hydrogens is 384 g/mol. The lowest BCUT2D eigenvalue weighted by molar-refractivity contribution is -0.151. The summed E-state index contributed by atoms with van der Waals surface area (Å²) < 4.78 is 39.1. The van der Waals surface area contributed by atoms with Crippen molar-refractivity contribution in [1.82, 2.24) is 0 Å². The molecule has 0 aliphatic rings. The van der Waals surface area contributed by atoms with Crippen LogP contribution in [0.15, 0.2) is 0 Å². The van der Waals surface area contributed by atoms with E-state index < -0.39 is 34.5 Å². The molecule has 0 spiro atoms. The standard InChI is InChI=1S/C20H40O7S/c1-5-9-11-16(7-3)14-26-19(21)13-18(28(23,24)25)20(22)27-15-17(8-4)12-10-6-2/h16-18,23-25H,5-15H2,1-4H3. The van der Waals surface area contributed by atoms with E-state index in [1.807, 2.05) is 13.8 Å². The van der Waals surface area contributed by atoms with Gasteiger partial charge in [-0.1, -0.05) is 66.2 Å². The highest BCUT2D eigenvalue weighted by atomic mass is 32.3. The van der Waals surface area contributed by atoms with Gasteiger partial charge in [0.05, 0.1) is 30.5 Å². The lowest BCUT2D eigenvalue weighted by Gasteiger charge is -2.28. The first-order valence-electron chi connectivity index (χ1n) is 10.5. The lowest BCUT2D eigenvalue weighted by Crippen LogP contribution is -2.33. The first-order chi connectivity index (χ1) is 13.2. The van der Waals surface area contributed by atoms with Crippen LogP contribution in [0.3, 0.4) is 0 Å². The molecule has 0 bridgehead atoms. The van der Waals surface area contributed by atoms with Gasteiger partial charge in [-0.25, -0.2) is 0 Å². The summed E-state index contributed by atoms with van der Waals surface area (Å²) in [6.45, 7) is 8.52. The number of carbonyl (C=O) groups excluding carboxylic acids is 2. The number of unbranched alkanes of at least 4 members (excludes halogenated alkanes) is 2. The molecule has 0 heterocycles. The molecule has 0 aromatic rings. The molecule has 168 valence electrons. The Labute approximate surface area is 171 Å². The predicted molar refractivity (Wildman–Crippen MR) is 112 cm³/mol. The molecule has 0 saturated carbocycles. The lowest BCUT2D eigenvalue weighted by atomic mass is 10.0. The van der Waals surface area contributed by atoms with Gasteiger partial charge in [0.15, 0.2) is 5.25 Å². The van der Waals surface area contributed by atoms with E-state index in [1.165, 1.54) is 0 Å². The van der Waals surface area contributed by atoms with Gasteiger partial charge in [-0.05, 0) is 24.7 Å². The SMILES string of the molecule is CCCCC(CC)COC(=O)CC(C(=O)OCC(CC)CCCC)S(O)(O)O. The number of carbonyl (C=O) groups is 2. The minimum Gasteiger partial charge on any atom is -0.465 e. The van der Waals surface area contributed by atoms with Crippen LogP contribution in [0.1, 0.15) is 85.5 Å². The normalized spacial score (nSPS) is 15.5. The van der Waals surface area contributed by atoms with E-state index in [1.54, 1.807) is 0 Å². The Morgan fingerprint density at radius 3 is 1.68 bits per heavy atom. The van der Waals surface area contributed by atoms with E-state index >= 15 is 0 Å². The third-order valence-electron chi connectivity index (χ3n) is 5.02. The van der Waals surface area contributed by atoms with Gasteiger partial charge in [-0.2, -0.15) is 0 Å². The minimum absolute atomic E-state index is 0.130. The van der Waals surface area contributed by atoms with Gasteiger partial charge >= 0.3 is 11.9 Å². The molecule has 0 fully saturated rings. The summed E-state index contributed by atoms with van der Waals surface area (Å²) >= 11 is 0. The zero-order valence-corrected chi connectivity index (χ0v) is 18.7. The van der Waals surface area contributed by atoms with Crippen molar-refractivity contribution in [2.24, 2.45) is 11.8 Å². The molecule has 0 aromatic heterocycles. The molecule has 8 heteroatoms. The first-order valence-corrected chi connectivity index (χ1v) is 12.1. The number of ether oxygens (including phenoxy) is 2. The molecule has 7 nitrogen and oxygen atoms in total. The smallest absolute Gasteiger partial charge is 0.324 e. The van der Waals surface area contributed by atoms with Crippen LogP contribution in [0, 0.1) is 11.8 Å². The molecular formula is C20H40O7S. The van der Waals surface area contributed by atoms with Gasteiger partial charge in [-0.15, -0.1) is 0 Å². The molecule has 0 rings (SSSR count). The molecule has 0 amide bonds. The zero-order chi connectivity index (χ0) is 21.6. The van der Waals surface area contributed by atoms with Gasteiger partial charge in [0.25, 0.3) is 0 Å². The van der Waals surface area contributed by atoms with Gasteiger partial charge in [0, 0.05) is 0 Å². The number of hydrogen-bond donors (Lipinski definition) is 3. The van der Waals surface area contributed by atoms with Crippen molar-refractivity contribution in [2.75, 3.05) is 13.2 Å². The van der Waals surface area contributed by atoms with Crippen molar-refractivity contribution < 1.29 is 32.7 Å². The maximum absolute atomic E-state index is 12.3. The Balaban J connectivity index is 4.68. The fourth-order valence-electron chi connectivity index (χ4n) is 2.83. The summed E-state index contributed by atoms with van der Waals surface area (Å²) in [5.41, 5.74) is 0. The van der Waals surface area contributed by atoms with Gasteiger partial charge < -0.3 is 23.1 Å². The van der Waals surface area contributed by atoms with E-state index in [0.29, 0.717) is 0 Å². The highest BCUT2D eigenvalue weighted by Gasteiger charge is 2.38. The fourth-order valence-corrected chi connectivity index (χ4v) is 3.52. The van der Waals surface area contributed by atoms with Crippen LogP contribution in [0.25, 0.3) is 0 Å². The second-order valence-electron chi connectivity index (χ2n) is 7.40. The average Bonchev–Trinajstić information content (AvgIpc) is 2.65. The summed E-state index contributed by atoms with van der Waals surface area (Å²) in [5.74, 6) is -1.33. The molecule has 3 atom stereocenters. The van der Waals surface area contributed by atoms with Crippen LogP contribution in [0.2, 0.25) is 0 Å². The largest absolute Gasteiger partial charge is 0.465 e. The maximum atomic E-state index is 12.3. The Morgan fingerprint density at radius 2 is 1.29 bits per heavy atom. The number of esters is 2. The summed E-state index contributed by atoms with van der Waals surface area (Å²) in [7, 11) is -4.26. The van der Waals surface area contributed by atoms with E-state index in [9.17, 15) is 23.2 Å². The second kappa shape index (κ2) is 15.1. The highest BCUT2D eigenvalue weighted by molar-refractivity contribution is 8.20. The van der Waals surface area contributed by atoms with Crippen molar-refractivity contribution in [3.63, 3.8) is 0 Å². The van der Waals surface area contributed by atoms with E-state index in [0.717, 1.165) is 51.4 Å². The van der Waals surface area contributed by atoms with Gasteiger partial charge in [0.1, 0.15) is 0 Å². The summed E-state index contributed by atoms with van der Waals surface area (Å²) in [6, 6.07) is 0. The van der Waals surface area contributed by atoms with Crippen molar-refractivity contribution in [2.45, 2.75) is 90.7 Å². The molecule has 0 radical (unpaired) electrons. The molecule has 28 heavy (non-hydrogen) atoms. The van der Waals surface area contributed by atoms with Gasteiger partial charge in [0.2, 0.25) is 0 Å². The fraction of sp³-hybridized carbons (Fsp3) is 0.900. The second-order valence-corrected chi connectivity index (χ2v) is 9.09. The third kappa shape index (κ3) is 11.9. The first kappa shape index (κ1) is 27.2. The van der Waals surface area contributed by atoms with Crippen LogP contribution in [-0.2, 0) is 19.1 Å². The summed E-state index contributed by atoms with van der Waals surface area (Å²) in [4.78, 5) is 24.4. The maximum Gasteiger partial charge on any atom is 0.324 e. The van der Waals surface area contributed by atoms with Crippen molar-refractivity contribution >= 4 is 22.8 Å². The molecule has 0 saturated heterocycles. The zero-order valence-electron chi connectivity index (χ0n) is 17.9. The average molecular weight is 425 g/mol. The van der Waals surface area contributed by atoms with E-state index in [2.05, 4.69) is 13.8 Å². The topological polar surface area (TPSA) is 113 Å². The molecule has 3 unspecified atom stereocenters. The quantitative estimate of drug-likeness (QED) is 0.281. The van der Waals surface area contributed by atoms with Crippen LogP contribution in [0.5, 0.6) is 0 Å². The van der Waals surface area contributed by atoms with Crippen LogP contribution >= 0.6 is 10.9 Å². The number of rotatable bonds is 16. The van der Waals surface area contributed by atoms with Gasteiger partial charge in [-0.3, -0.25) is 9.59 Å². The van der Waals surface area contributed by atoms with E-state index in [4.69, 9.17) is 9.47 Å². The minimum atomic E-state index is -4.26. The Morgan fingerprint density at radius 1 is 0.821 bits per heavy atom. The summed E-state index contributed by atoms with van der Waals surface area (Å²) in [6.07, 6.45) is 7.06. The predicted octanol–water partition coefficient (Wildman–Crippen LogP) is 5.49. The van der Waals surface area contributed by atoms with Crippen molar-refractivity contribution in [1.29, 1.82) is 0 Å². The number of hydrogen-bond acceptors (Lipinski definition) is 7. The Kier molecular flexibility index (Phi) is 14.6. The Bertz CT molecular complexity index is 437. The Hall–Kier alpha value is -0.830. The molecule has 0 aliphatic carbocycles. The molecule has 0 aromatic carbocycles. The molecule has 3 N–H and O–H groups in total. The van der Waals surface area contributed by atoms with Crippen LogP contribution in [-0.4, -0.2) is 44.1 Å². The monoisotopic (exact) mass is 424 g/mol. The third-order valence-corrected chi connectivity index (χ3v) is 6.15. The summed E-state index contributed by atoms with van der Waals surface area (Å²) in [5, 5.41) is -1.72. The van der Waals surface area contributed by atoms with Crippen molar-refractivity contribution in [3.05, 3.63) is 0 Å². The highest BCUT2D eigenvalue weighted by Crippen LogP contribution is 2.42. The van der Waals surface area contributed by atoms with E-state index in [-0.39, 0.29) is 25.0 Å². The van der Waals surface area contributed by atoms with Crippen LogP contribution < -0.4 is 0 Å².